The molecule has 4 heteroatoms. The molecule has 0 spiro atoms. The van der Waals surface area contributed by atoms with Crippen molar-refractivity contribution in [3.63, 3.8) is 0 Å². The van der Waals surface area contributed by atoms with Gasteiger partial charge in [-0.2, -0.15) is 0 Å². The van der Waals surface area contributed by atoms with Gasteiger partial charge in [0.15, 0.2) is 5.82 Å². The molecule has 1 aromatic rings. The second-order valence-corrected chi connectivity index (χ2v) is 2.58. The number of nitrogens with two attached hydrogens (primary N) is 1. The molecule has 0 amide bonds. The molecule has 0 saturated heterocycles. The maximum atomic E-state index is 5.51. The lowest BCUT2D eigenvalue weighted by molar-refractivity contribution is 0.859. The number of rotatable bonds is 2. The summed E-state index contributed by atoms with van der Waals surface area (Å²) in [4.78, 5) is 8.46. The lowest BCUT2D eigenvalue weighted by Crippen LogP contribution is -1.97. The summed E-state index contributed by atoms with van der Waals surface area (Å²) in [6.07, 6.45) is 1.75. The third-order valence-electron chi connectivity index (χ3n) is 1.80. The Morgan fingerprint density at radius 2 is 2.33 bits per heavy atom. The first-order valence-corrected chi connectivity index (χ1v) is 3.91. The van der Waals surface area contributed by atoms with E-state index in [4.69, 9.17) is 5.73 Å². The van der Waals surface area contributed by atoms with Gasteiger partial charge in [-0.05, 0) is 13.8 Å². The Morgan fingerprint density at radius 3 is 2.83 bits per heavy atom. The predicted octanol–water partition coefficient (Wildman–Crippen LogP) is 0.909. The zero-order valence-electron chi connectivity index (χ0n) is 7.70. The smallest absolute Gasteiger partial charge is 0.156 e. The van der Waals surface area contributed by atoms with Gasteiger partial charge in [0.25, 0.3) is 0 Å². The number of aryl methyl sites for hydroxylation is 1. The number of imidazole rings is 1. The van der Waals surface area contributed by atoms with Gasteiger partial charge in [-0.1, -0.05) is 0 Å². The second kappa shape index (κ2) is 3.49. The van der Waals surface area contributed by atoms with Gasteiger partial charge in [0.2, 0.25) is 0 Å². The monoisotopic (exact) mass is 166 g/mol. The van der Waals surface area contributed by atoms with Gasteiger partial charge in [-0.25, -0.2) is 9.98 Å². The maximum absolute atomic E-state index is 5.51. The summed E-state index contributed by atoms with van der Waals surface area (Å²) in [6, 6.07) is 0. The summed E-state index contributed by atoms with van der Waals surface area (Å²) >= 11 is 0. The average molecular weight is 166 g/mol. The van der Waals surface area contributed by atoms with Crippen LogP contribution in [-0.2, 0) is 13.6 Å². The molecule has 0 saturated carbocycles. The Labute approximate surface area is 72.1 Å². The molecule has 0 aliphatic heterocycles. The van der Waals surface area contributed by atoms with E-state index in [9.17, 15) is 0 Å². The summed E-state index contributed by atoms with van der Waals surface area (Å²) in [5, 5.41) is 0. The van der Waals surface area contributed by atoms with Crippen molar-refractivity contribution in [2.24, 2.45) is 17.8 Å². The van der Waals surface area contributed by atoms with Crippen LogP contribution < -0.4 is 5.73 Å². The maximum Gasteiger partial charge on any atom is 0.156 e. The normalized spacial score (nSPS) is 11.3. The van der Waals surface area contributed by atoms with Gasteiger partial charge >= 0.3 is 0 Å². The fraction of sp³-hybridized carbons (Fsp3) is 0.500. The minimum absolute atomic E-state index is 0.439. The van der Waals surface area contributed by atoms with E-state index in [0.717, 1.165) is 17.3 Å². The summed E-state index contributed by atoms with van der Waals surface area (Å²) in [7, 11) is 1.93. The van der Waals surface area contributed by atoms with E-state index in [1.807, 2.05) is 25.5 Å². The highest BCUT2D eigenvalue weighted by atomic mass is 15.1. The van der Waals surface area contributed by atoms with Crippen molar-refractivity contribution in [3.05, 3.63) is 11.5 Å². The van der Waals surface area contributed by atoms with Gasteiger partial charge in [-0.3, -0.25) is 0 Å². The topological polar surface area (TPSA) is 56.2 Å². The first kappa shape index (κ1) is 8.93. The number of aromatic nitrogens is 2. The van der Waals surface area contributed by atoms with Crippen LogP contribution in [0.3, 0.4) is 0 Å². The van der Waals surface area contributed by atoms with Crippen LogP contribution in [-0.4, -0.2) is 15.8 Å². The van der Waals surface area contributed by atoms with Crippen LogP contribution in [0.5, 0.6) is 0 Å². The van der Waals surface area contributed by atoms with Crippen molar-refractivity contribution < 1.29 is 0 Å². The number of aliphatic imine (C=N–C) groups is 1. The Bertz CT molecular complexity index is 298. The third kappa shape index (κ3) is 1.38. The first-order chi connectivity index (χ1) is 5.70. The van der Waals surface area contributed by atoms with E-state index in [1.54, 1.807) is 6.21 Å². The molecular formula is C8H14N4. The summed E-state index contributed by atoms with van der Waals surface area (Å²) < 4.78 is 1.93. The second-order valence-electron chi connectivity index (χ2n) is 2.58. The highest BCUT2D eigenvalue weighted by molar-refractivity contribution is 5.60. The Balaban J connectivity index is 3.21. The fourth-order valence-corrected chi connectivity index (χ4v) is 1.09. The van der Waals surface area contributed by atoms with E-state index < -0.39 is 0 Å². The first-order valence-electron chi connectivity index (χ1n) is 3.91. The van der Waals surface area contributed by atoms with Crippen molar-refractivity contribution in [3.8, 4) is 0 Å². The molecule has 2 N–H and O–H groups in total. The molecule has 0 radical (unpaired) electrons. The minimum Gasteiger partial charge on any atom is -0.325 e. The molecule has 0 fully saturated rings. The zero-order chi connectivity index (χ0) is 9.14. The predicted molar refractivity (Wildman–Crippen MR) is 49.7 cm³/mol. The lowest BCUT2D eigenvalue weighted by atomic mass is 10.4. The van der Waals surface area contributed by atoms with Crippen molar-refractivity contribution in [1.29, 1.82) is 0 Å². The largest absolute Gasteiger partial charge is 0.325 e. The van der Waals surface area contributed by atoms with Crippen molar-refractivity contribution >= 4 is 12.0 Å². The van der Waals surface area contributed by atoms with Gasteiger partial charge in [-0.15, -0.1) is 0 Å². The SMILES string of the molecule is C/C=N\c1c(CN)nc(C)n1C. The quantitative estimate of drug-likeness (QED) is 0.664. The van der Waals surface area contributed by atoms with Crippen LogP contribution in [0.4, 0.5) is 5.82 Å². The summed E-state index contributed by atoms with van der Waals surface area (Å²) in [5.74, 6) is 1.80. The van der Waals surface area contributed by atoms with Crippen molar-refractivity contribution in [2.45, 2.75) is 20.4 Å². The van der Waals surface area contributed by atoms with Crippen LogP contribution in [0, 0.1) is 6.92 Å². The number of hydrogen-bond donors (Lipinski definition) is 1. The Kier molecular flexibility index (Phi) is 2.60. The molecule has 66 valence electrons. The van der Waals surface area contributed by atoms with Gasteiger partial charge in [0.05, 0.1) is 5.69 Å². The van der Waals surface area contributed by atoms with E-state index in [-0.39, 0.29) is 0 Å². The minimum atomic E-state index is 0.439. The molecule has 0 atom stereocenters. The molecule has 1 heterocycles. The van der Waals surface area contributed by atoms with Gasteiger partial charge in [0.1, 0.15) is 5.82 Å². The van der Waals surface area contributed by atoms with Crippen molar-refractivity contribution in [2.75, 3.05) is 0 Å². The van der Waals surface area contributed by atoms with E-state index >= 15 is 0 Å². The molecule has 0 aliphatic carbocycles. The van der Waals surface area contributed by atoms with Gasteiger partial charge < -0.3 is 10.3 Å². The fourth-order valence-electron chi connectivity index (χ4n) is 1.09. The molecule has 1 aromatic heterocycles. The molecule has 1 rings (SSSR count). The summed E-state index contributed by atoms with van der Waals surface area (Å²) in [6.45, 7) is 4.25. The standard InChI is InChI=1S/C8H14N4/c1-4-10-8-7(5-9)11-6(2)12(8)3/h4H,5,9H2,1-3H3/b10-4-. The van der Waals surface area contributed by atoms with Gasteiger partial charge in [0, 0.05) is 19.8 Å². The summed E-state index contributed by atoms with van der Waals surface area (Å²) in [5.41, 5.74) is 6.37. The molecule has 12 heavy (non-hydrogen) atoms. The molecule has 4 nitrogen and oxygen atoms in total. The van der Waals surface area contributed by atoms with Crippen LogP contribution in [0.15, 0.2) is 4.99 Å². The lowest BCUT2D eigenvalue weighted by Gasteiger charge is -1.97. The molecular weight excluding hydrogens is 152 g/mol. The van der Waals surface area contributed by atoms with Crippen LogP contribution in [0.25, 0.3) is 0 Å². The molecule has 0 aliphatic rings. The van der Waals surface area contributed by atoms with Crippen LogP contribution in [0.2, 0.25) is 0 Å². The number of nitrogens with zero attached hydrogens (tertiary/aromatic N) is 3. The molecule has 0 aromatic carbocycles. The van der Waals surface area contributed by atoms with Crippen LogP contribution in [0.1, 0.15) is 18.4 Å². The van der Waals surface area contributed by atoms with E-state index in [1.165, 1.54) is 0 Å². The van der Waals surface area contributed by atoms with E-state index in [0.29, 0.717) is 6.54 Å². The highest BCUT2D eigenvalue weighted by Gasteiger charge is 2.08. The zero-order valence-corrected chi connectivity index (χ0v) is 7.70. The number of hydrogen-bond acceptors (Lipinski definition) is 3. The average Bonchev–Trinajstić information content (AvgIpc) is 2.33. The van der Waals surface area contributed by atoms with Crippen LogP contribution >= 0.6 is 0 Å². The molecule has 0 unspecified atom stereocenters. The highest BCUT2D eigenvalue weighted by Crippen LogP contribution is 2.18. The van der Waals surface area contributed by atoms with E-state index in [2.05, 4.69) is 9.98 Å². The Morgan fingerprint density at radius 1 is 1.67 bits per heavy atom. The Hall–Kier alpha value is -1.16. The molecule has 0 bridgehead atoms. The van der Waals surface area contributed by atoms with Crippen molar-refractivity contribution in [1.82, 2.24) is 9.55 Å². The third-order valence-corrected chi connectivity index (χ3v) is 1.80.